The Morgan fingerprint density at radius 3 is 2.67 bits per heavy atom. The molecule has 9 heteroatoms. The lowest BCUT2D eigenvalue weighted by molar-refractivity contribution is -0.189. The summed E-state index contributed by atoms with van der Waals surface area (Å²) >= 11 is 0. The second kappa shape index (κ2) is 7.51. The number of rotatable bonds is 4. The summed E-state index contributed by atoms with van der Waals surface area (Å²) in [6.07, 6.45) is 3.56. The van der Waals surface area contributed by atoms with Gasteiger partial charge in [0.1, 0.15) is 5.82 Å². The average molecular weight is 421 g/mol. The van der Waals surface area contributed by atoms with E-state index < -0.39 is 12.1 Å². The fraction of sp³-hybridized carbons (Fsp3) is 0.667. The lowest BCUT2D eigenvalue weighted by atomic mass is 9.87. The minimum Gasteiger partial charge on any atom is -0.375 e. The third kappa shape index (κ3) is 3.46. The van der Waals surface area contributed by atoms with Gasteiger partial charge in [-0.3, -0.25) is 4.40 Å². The summed E-state index contributed by atoms with van der Waals surface area (Å²) in [5, 5.41) is 8.82. The molecule has 1 N–H and O–H groups in total. The van der Waals surface area contributed by atoms with Gasteiger partial charge >= 0.3 is 6.18 Å². The van der Waals surface area contributed by atoms with Gasteiger partial charge in [-0.05, 0) is 50.5 Å². The van der Waals surface area contributed by atoms with E-state index in [4.69, 9.17) is 4.74 Å². The van der Waals surface area contributed by atoms with Crippen molar-refractivity contribution in [1.29, 1.82) is 0 Å². The van der Waals surface area contributed by atoms with Crippen LogP contribution in [0.1, 0.15) is 63.6 Å². The molecule has 0 radical (unpaired) electrons. The second-order valence-electron chi connectivity index (χ2n) is 8.74. The fourth-order valence-electron chi connectivity index (χ4n) is 5.39. The molecule has 3 aromatic rings. The van der Waals surface area contributed by atoms with Crippen LogP contribution in [0, 0.1) is 11.8 Å². The Labute approximate surface area is 172 Å². The minimum atomic E-state index is -4.08. The lowest BCUT2D eigenvalue weighted by Gasteiger charge is -2.31. The van der Waals surface area contributed by atoms with Gasteiger partial charge in [-0.25, -0.2) is 4.98 Å². The highest BCUT2D eigenvalue weighted by atomic mass is 19.4. The van der Waals surface area contributed by atoms with E-state index in [0.29, 0.717) is 18.8 Å². The van der Waals surface area contributed by atoms with E-state index in [0.717, 1.165) is 41.9 Å². The van der Waals surface area contributed by atoms with Gasteiger partial charge in [0.25, 0.3) is 0 Å². The van der Waals surface area contributed by atoms with Crippen molar-refractivity contribution in [3.8, 4) is 0 Å². The van der Waals surface area contributed by atoms with E-state index in [-0.39, 0.29) is 31.0 Å². The molecule has 0 bridgehead atoms. The third-order valence-electron chi connectivity index (χ3n) is 7.00. The standard InChI is InChI=1S/C21H26F3N5O/c1-2-12-9-15(30-14-5-3-13(4-6-14)21(22,23)24)10-16(12)20-28-27-18-11-26-19-17(29(18)20)7-8-25-19/h7-8,11-16,25H,2-6,9-10H2,1H3/t12-,13-,14+,15-,16-/m1/s1. The number of H-pyrrole nitrogens is 1. The van der Waals surface area contributed by atoms with Crippen molar-refractivity contribution >= 4 is 16.8 Å². The molecule has 5 rings (SSSR count). The predicted octanol–water partition coefficient (Wildman–Crippen LogP) is 5.02. The minimum absolute atomic E-state index is 0.0586. The number of ether oxygens (including phenoxy) is 1. The first-order valence-corrected chi connectivity index (χ1v) is 10.8. The molecular formula is C21H26F3N5O. The molecule has 0 aliphatic heterocycles. The van der Waals surface area contributed by atoms with Crippen LogP contribution >= 0.6 is 0 Å². The molecule has 2 aliphatic rings. The number of hydrogen-bond donors (Lipinski definition) is 1. The molecule has 30 heavy (non-hydrogen) atoms. The van der Waals surface area contributed by atoms with Crippen molar-refractivity contribution in [3.63, 3.8) is 0 Å². The SMILES string of the molecule is CC[C@@H]1C[C@@H](O[C@H]2CC[C@@H](C(F)(F)F)CC2)C[C@H]1c1nnc2cnc3[nH]ccc3n12. The van der Waals surface area contributed by atoms with Gasteiger partial charge in [0.15, 0.2) is 11.3 Å². The van der Waals surface area contributed by atoms with E-state index >= 15 is 0 Å². The van der Waals surface area contributed by atoms with Crippen LogP contribution < -0.4 is 0 Å². The first-order valence-electron chi connectivity index (χ1n) is 10.8. The van der Waals surface area contributed by atoms with Crippen molar-refractivity contribution in [2.45, 2.75) is 76.2 Å². The maximum absolute atomic E-state index is 12.9. The number of aromatic amines is 1. The molecule has 0 amide bonds. The van der Waals surface area contributed by atoms with Gasteiger partial charge < -0.3 is 9.72 Å². The smallest absolute Gasteiger partial charge is 0.375 e. The maximum atomic E-state index is 12.9. The highest BCUT2D eigenvalue weighted by Gasteiger charge is 2.43. The van der Waals surface area contributed by atoms with Crippen LogP contribution in [0.2, 0.25) is 0 Å². The number of hydrogen-bond acceptors (Lipinski definition) is 4. The molecule has 3 atom stereocenters. The zero-order chi connectivity index (χ0) is 20.9. The summed E-state index contributed by atoms with van der Waals surface area (Å²) in [7, 11) is 0. The Hall–Kier alpha value is -2.16. The Morgan fingerprint density at radius 2 is 1.93 bits per heavy atom. The summed E-state index contributed by atoms with van der Waals surface area (Å²) in [6, 6.07) is 1.98. The van der Waals surface area contributed by atoms with E-state index in [2.05, 4.69) is 31.5 Å². The first-order chi connectivity index (χ1) is 14.4. The topological polar surface area (TPSA) is 68.1 Å². The van der Waals surface area contributed by atoms with Crippen LogP contribution in [-0.4, -0.2) is 43.0 Å². The predicted molar refractivity (Wildman–Crippen MR) is 105 cm³/mol. The maximum Gasteiger partial charge on any atom is 0.391 e. The Kier molecular flexibility index (Phi) is 4.95. The molecule has 162 valence electrons. The molecular weight excluding hydrogens is 395 g/mol. The molecule has 2 fully saturated rings. The van der Waals surface area contributed by atoms with Gasteiger partial charge in [-0.1, -0.05) is 13.3 Å². The van der Waals surface area contributed by atoms with Crippen molar-refractivity contribution in [3.05, 3.63) is 24.3 Å². The first kappa shape index (κ1) is 19.8. The highest BCUT2D eigenvalue weighted by molar-refractivity contribution is 5.74. The number of fused-ring (bicyclic) bond motifs is 3. The highest BCUT2D eigenvalue weighted by Crippen LogP contribution is 2.44. The molecule has 0 saturated heterocycles. The Balaban J connectivity index is 1.32. The van der Waals surface area contributed by atoms with Gasteiger partial charge in [0.05, 0.1) is 29.8 Å². The molecule has 2 aliphatic carbocycles. The second-order valence-corrected chi connectivity index (χ2v) is 8.74. The summed E-state index contributed by atoms with van der Waals surface area (Å²) in [5.41, 5.74) is 2.47. The number of alkyl halides is 3. The normalized spacial score (nSPS) is 30.5. The Bertz CT molecular complexity index is 1020. The average Bonchev–Trinajstić information content (AvgIpc) is 3.44. The summed E-state index contributed by atoms with van der Waals surface area (Å²) < 4.78 is 47.2. The van der Waals surface area contributed by atoms with Gasteiger partial charge in [-0.15, -0.1) is 10.2 Å². The zero-order valence-corrected chi connectivity index (χ0v) is 16.9. The van der Waals surface area contributed by atoms with E-state index in [9.17, 15) is 13.2 Å². The van der Waals surface area contributed by atoms with Gasteiger partial charge in [-0.2, -0.15) is 13.2 Å². The van der Waals surface area contributed by atoms with Crippen LogP contribution in [0.3, 0.4) is 0 Å². The lowest BCUT2D eigenvalue weighted by Crippen LogP contribution is -2.32. The van der Waals surface area contributed by atoms with Crippen molar-refractivity contribution in [2.75, 3.05) is 0 Å². The monoisotopic (exact) mass is 421 g/mol. The van der Waals surface area contributed by atoms with Crippen LogP contribution in [0.4, 0.5) is 13.2 Å². The van der Waals surface area contributed by atoms with Crippen LogP contribution in [0.15, 0.2) is 18.5 Å². The van der Waals surface area contributed by atoms with E-state index in [1.165, 1.54) is 0 Å². The molecule has 6 nitrogen and oxygen atoms in total. The largest absolute Gasteiger partial charge is 0.391 e. The van der Waals surface area contributed by atoms with Crippen molar-refractivity contribution in [1.82, 2.24) is 24.6 Å². The third-order valence-corrected chi connectivity index (χ3v) is 7.00. The molecule has 3 aromatic heterocycles. The number of nitrogens with zero attached hydrogens (tertiary/aromatic N) is 4. The van der Waals surface area contributed by atoms with E-state index in [1.807, 2.05) is 12.3 Å². The number of aromatic nitrogens is 5. The number of nitrogens with one attached hydrogen (secondary N) is 1. The fourth-order valence-corrected chi connectivity index (χ4v) is 5.39. The zero-order valence-electron chi connectivity index (χ0n) is 16.9. The summed E-state index contributed by atoms with van der Waals surface area (Å²) in [6.45, 7) is 2.17. The van der Waals surface area contributed by atoms with Gasteiger partial charge in [0.2, 0.25) is 0 Å². The Morgan fingerprint density at radius 1 is 1.13 bits per heavy atom. The molecule has 2 saturated carbocycles. The van der Waals surface area contributed by atoms with Crippen LogP contribution in [0.25, 0.3) is 16.8 Å². The quantitative estimate of drug-likeness (QED) is 0.643. The van der Waals surface area contributed by atoms with Crippen LogP contribution in [-0.2, 0) is 4.74 Å². The number of halogens is 3. The molecule has 0 aromatic carbocycles. The molecule has 0 spiro atoms. The molecule has 3 heterocycles. The summed E-state index contributed by atoms with van der Waals surface area (Å²) in [5.74, 6) is 0.380. The van der Waals surface area contributed by atoms with Crippen molar-refractivity contribution in [2.24, 2.45) is 11.8 Å². The van der Waals surface area contributed by atoms with E-state index in [1.54, 1.807) is 6.20 Å². The van der Waals surface area contributed by atoms with Crippen LogP contribution in [0.5, 0.6) is 0 Å². The van der Waals surface area contributed by atoms with Gasteiger partial charge in [0, 0.05) is 12.1 Å². The summed E-state index contributed by atoms with van der Waals surface area (Å²) in [4.78, 5) is 7.51. The van der Waals surface area contributed by atoms with Crippen molar-refractivity contribution < 1.29 is 17.9 Å². The molecule has 0 unspecified atom stereocenters.